The van der Waals surface area contributed by atoms with E-state index < -0.39 is 0 Å². The Labute approximate surface area is 160 Å². The van der Waals surface area contributed by atoms with E-state index in [4.69, 9.17) is 9.31 Å². The van der Waals surface area contributed by atoms with E-state index in [0.717, 1.165) is 4.78 Å². The van der Waals surface area contributed by atoms with Crippen molar-refractivity contribution in [3.05, 3.63) is 29.1 Å². The topological polar surface area (TPSA) is 18.5 Å². The second-order valence-corrected chi connectivity index (χ2v) is 9.95. The van der Waals surface area contributed by atoms with Crippen molar-refractivity contribution < 1.29 is 9.31 Å². The van der Waals surface area contributed by atoms with E-state index in [1.807, 2.05) is 11.3 Å². The Morgan fingerprint density at radius 2 is 1.68 bits per heavy atom. The molecule has 3 rings (SSSR count). The van der Waals surface area contributed by atoms with Gasteiger partial charge in [-0.15, -0.1) is 22.7 Å². The molecule has 25 heavy (non-hydrogen) atoms. The second kappa shape index (κ2) is 7.55. The molecular weight excluding hydrogens is 347 g/mol. The van der Waals surface area contributed by atoms with Crippen LogP contribution in [0.25, 0.3) is 9.75 Å². The molecule has 0 N–H and O–H groups in total. The molecule has 1 fully saturated rings. The van der Waals surface area contributed by atoms with Crippen molar-refractivity contribution in [3.8, 4) is 9.75 Å². The van der Waals surface area contributed by atoms with Crippen molar-refractivity contribution in [2.45, 2.75) is 77.9 Å². The van der Waals surface area contributed by atoms with Crippen LogP contribution in [0.4, 0.5) is 0 Å². The van der Waals surface area contributed by atoms with Crippen LogP contribution in [0.15, 0.2) is 23.6 Å². The van der Waals surface area contributed by atoms with Crippen LogP contribution >= 0.6 is 22.7 Å². The van der Waals surface area contributed by atoms with Gasteiger partial charge in [0.25, 0.3) is 0 Å². The van der Waals surface area contributed by atoms with E-state index in [-0.39, 0.29) is 18.3 Å². The van der Waals surface area contributed by atoms with Gasteiger partial charge in [0.2, 0.25) is 0 Å². The number of aryl methyl sites for hydroxylation is 1. The minimum atomic E-state index is -0.281. The Morgan fingerprint density at radius 3 is 2.36 bits per heavy atom. The fraction of sp³-hybridized carbons (Fsp3) is 0.600. The van der Waals surface area contributed by atoms with Crippen molar-refractivity contribution in [2.75, 3.05) is 0 Å². The summed E-state index contributed by atoms with van der Waals surface area (Å²) in [5.74, 6) is 0. The van der Waals surface area contributed by atoms with Crippen LogP contribution in [0.2, 0.25) is 0 Å². The SMILES string of the molecule is CCCCCCc1csc(-c2ccc(B3OC(C)(C)C(C)(C)O3)s2)c1. The van der Waals surface area contributed by atoms with Gasteiger partial charge in [-0.1, -0.05) is 32.3 Å². The van der Waals surface area contributed by atoms with Gasteiger partial charge in [0.05, 0.1) is 11.2 Å². The second-order valence-electron chi connectivity index (χ2n) is 7.92. The van der Waals surface area contributed by atoms with Crippen LogP contribution in [-0.2, 0) is 15.7 Å². The molecule has 2 aromatic rings. The van der Waals surface area contributed by atoms with E-state index in [9.17, 15) is 0 Å². The molecule has 2 aromatic heterocycles. The first-order valence-corrected chi connectivity index (χ1v) is 11.0. The lowest BCUT2D eigenvalue weighted by Gasteiger charge is -2.32. The molecule has 0 unspecified atom stereocenters. The smallest absolute Gasteiger partial charge is 0.399 e. The number of unbranched alkanes of at least 4 members (excludes halogenated alkanes) is 3. The minimum absolute atomic E-state index is 0.253. The summed E-state index contributed by atoms with van der Waals surface area (Å²) in [4.78, 5) is 2.67. The van der Waals surface area contributed by atoms with E-state index >= 15 is 0 Å². The molecule has 136 valence electrons. The van der Waals surface area contributed by atoms with Crippen molar-refractivity contribution in [1.29, 1.82) is 0 Å². The van der Waals surface area contributed by atoms with Gasteiger partial charge < -0.3 is 9.31 Å². The Balaban J connectivity index is 1.65. The Bertz CT molecular complexity index is 686. The van der Waals surface area contributed by atoms with Gasteiger partial charge in [-0.25, -0.2) is 0 Å². The normalized spacial score (nSPS) is 18.8. The molecular formula is C20H29BO2S2. The van der Waals surface area contributed by atoms with Gasteiger partial charge in [0.15, 0.2) is 0 Å². The van der Waals surface area contributed by atoms with E-state index in [0.29, 0.717) is 0 Å². The molecule has 0 bridgehead atoms. The monoisotopic (exact) mass is 376 g/mol. The maximum absolute atomic E-state index is 6.17. The third kappa shape index (κ3) is 4.21. The fourth-order valence-corrected chi connectivity index (χ4v) is 4.98. The van der Waals surface area contributed by atoms with Gasteiger partial charge in [-0.2, -0.15) is 0 Å². The molecule has 0 atom stereocenters. The Morgan fingerprint density at radius 1 is 0.960 bits per heavy atom. The standard InChI is InChI=1S/C20H29BO2S2/c1-6-7-8-9-10-15-13-17(24-14-15)16-11-12-18(25-16)21-22-19(2,3)20(4,5)23-21/h11-14H,6-10H2,1-5H3. The molecule has 1 aliphatic heterocycles. The summed E-state index contributed by atoms with van der Waals surface area (Å²) in [5, 5.41) is 2.31. The van der Waals surface area contributed by atoms with Crippen LogP contribution in [-0.4, -0.2) is 18.3 Å². The van der Waals surface area contributed by atoms with Gasteiger partial charge in [0, 0.05) is 14.5 Å². The van der Waals surface area contributed by atoms with Crippen LogP contribution < -0.4 is 4.78 Å². The predicted octanol–water partition coefficient (Wildman–Crippen LogP) is 5.90. The highest BCUT2D eigenvalue weighted by Gasteiger charge is 2.52. The number of hydrogen-bond donors (Lipinski definition) is 0. The zero-order valence-electron chi connectivity index (χ0n) is 16.1. The van der Waals surface area contributed by atoms with Gasteiger partial charge in [0.1, 0.15) is 0 Å². The number of thiophene rings is 2. The number of hydrogen-bond acceptors (Lipinski definition) is 4. The summed E-state index contributed by atoms with van der Waals surface area (Å²) >= 11 is 3.64. The molecule has 5 heteroatoms. The maximum atomic E-state index is 6.17. The highest BCUT2D eigenvalue weighted by Crippen LogP contribution is 2.38. The van der Waals surface area contributed by atoms with Crippen LogP contribution in [0.3, 0.4) is 0 Å². The number of rotatable bonds is 7. The molecule has 3 heterocycles. The first-order chi connectivity index (χ1) is 11.8. The molecule has 0 aliphatic carbocycles. The lowest BCUT2D eigenvalue weighted by atomic mass is 9.88. The summed E-state index contributed by atoms with van der Waals surface area (Å²) in [6.45, 7) is 10.7. The molecule has 1 saturated heterocycles. The maximum Gasteiger partial charge on any atom is 0.505 e. The van der Waals surface area contributed by atoms with Gasteiger partial charge in [-0.3, -0.25) is 0 Å². The third-order valence-corrected chi connectivity index (χ3v) is 7.61. The predicted molar refractivity (Wildman–Crippen MR) is 111 cm³/mol. The van der Waals surface area contributed by atoms with E-state index in [1.54, 1.807) is 11.3 Å². The third-order valence-electron chi connectivity index (χ3n) is 5.33. The lowest BCUT2D eigenvalue weighted by molar-refractivity contribution is 0.00578. The summed E-state index contributed by atoms with van der Waals surface area (Å²) in [6, 6.07) is 6.72. The molecule has 0 radical (unpaired) electrons. The Kier molecular flexibility index (Phi) is 5.79. The van der Waals surface area contributed by atoms with Gasteiger partial charge >= 0.3 is 7.12 Å². The van der Waals surface area contributed by atoms with Crippen LogP contribution in [0.5, 0.6) is 0 Å². The fourth-order valence-electron chi connectivity index (χ4n) is 2.96. The zero-order chi connectivity index (χ0) is 18.1. The van der Waals surface area contributed by atoms with E-state index in [2.05, 4.69) is 58.2 Å². The van der Waals surface area contributed by atoms with Crippen molar-refractivity contribution in [1.82, 2.24) is 0 Å². The van der Waals surface area contributed by atoms with Gasteiger partial charge in [-0.05, 0) is 63.6 Å². The average Bonchev–Trinajstić information content (AvgIpc) is 3.22. The first kappa shape index (κ1) is 19.2. The van der Waals surface area contributed by atoms with Crippen molar-refractivity contribution in [2.24, 2.45) is 0 Å². The van der Waals surface area contributed by atoms with Crippen molar-refractivity contribution in [3.63, 3.8) is 0 Å². The van der Waals surface area contributed by atoms with Crippen LogP contribution in [0, 0.1) is 0 Å². The molecule has 0 saturated carbocycles. The van der Waals surface area contributed by atoms with Crippen LogP contribution in [0.1, 0.15) is 65.9 Å². The first-order valence-electron chi connectivity index (χ1n) is 9.35. The lowest BCUT2D eigenvalue weighted by Crippen LogP contribution is -2.41. The largest absolute Gasteiger partial charge is 0.505 e. The molecule has 2 nitrogen and oxygen atoms in total. The summed E-state index contributed by atoms with van der Waals surface area (Å²) in [6.07, 6.45) is 6.48. The Hall–Kier alpha value is -0.615. The zero-order valence-corrected chi connectivity index (χ0v) is 17.7. The molecule has 0 spiro atoms. The summed E-state index contributed by atoms with van der Waals surface area (Å²) in [5.41, 5.74) is 0.911. The van der Waals surface area contributed by atoms with Crippen molar-refractivity contribution >= 4 is 34.6 Å². The summed E-state index contributed by atoms with van der Waals surface area (Å²) in [7, 11) is -0.253. The summed E-state index contributed by atoms with van der Waals surface area (Å²) < 4.78 is 13.5. The highest BCUT2D eigenvalue weighted by atomic mass is 32.1. The molecule has 1 aliphatic rings. The van der Waals surface area contributed by atoms with E-state index in [1.165, 1.54) is 47.4 Å². The highest BCUT2D eigenvalue weighted by molar-refractivity contribution is 7.27. The molecule has 0 aromatic carbocycles. The minimum Gasteiger partial charge on any atom is -0.399 e. The quantitative estimate of drug-likeness (QED) is 0.443. The molecule has 0 amide bonds. The average molecular weight is 376 g/mol.